The van der Waals surface area contributed by atoms with Crippen molar-refractivity contribution in [3.05, 3.63) is 31.5 Å². The molecular formula is C18H27N3O6. The van der Waals surface area contributed by atoms with Gasteiger partial charge in [0.05, 0.1) is 0 Å². The van der Waals surface area contributed by atoms with Gasteiger partial charge in [0, 0.05) is 19.8 Å². The van der Waals surface area contributed by atoms with Crippen molar-refractivity contribution in [1.29, 1.82) is 0 Å². The number of aromatic nitrogens is 3. The molecule has 0 aliphatic carbocycles. The summed E-state index contributed by atoms with van der Waals surface area (Å²) in [6.07, 6.45) is 5.08. The van der Waals surface area contributed by atoms with Crippen LogP contribution in [0.25, 0.3) is 0 Å². The number of hydrogen-bond acceptors (Lipinski definition) is 6. The molecule has 3 saturated heterocycles. The fourth-order valence-corrected chi connectivity index (χ4v) is 4.11. The van der Waals surface area contributed by atoms with Gasteiger partial charge in [-0.1, -0.05) is 0 Å². The number of rotatable bonds is 3. The van der Waals surface area contributed by atoms with Crippen LogP contribution in [0.4, 0.5) is 0 Å². The molecule has 0 saturated carbocycles. The standard InChI is InChI=1S/C18H27N3O6/c22-16-19(13-7-1-4-10-25-13)17(23)21(15-9-3-6-12-27-15)18(24)20(16)14-8-2-5-11-26-14/h13-15H,1-12H2. The Morgan fingerprint density at radius 1 is 0.519 bits per heavy atom. The predicted molar refractivity (Wildman–Crippen MR) is 95.7 cm³/mol. The van der Waals surface area contributed by atoms with Gasteiger partial charge in [0.25, 0.3) is 0 Å². The van der Waals surface area contributed by atoms with Crippen molar-refractivity contribution < 1.29 is 14.2 Å². The van der Waals surface area contributed by atoms with E-state index in [1.165, 1.54) is 0 Å². The average Bonchev–Trinajstić information content (AvgIpc) is 2.70. The van der Waals surface area contributed by atoms with E-state index in [1.54, 1.807) is 0 Å². The van der Waals surface area contributed by atoms with E-state index < -0.39 is 35.8 Å². The number of ether oxygens (including phenoxy) is 3. The third kappa shape index (κ3) is 3.55. The second-order valence-electron chi connectivity index (χ2n) is 7.42. The molecule has 0 radical (unpaired) electrons. The topological polar surface area (TPSA) is 93.7 Å². The highest BCUT2D eigenvalue weighted by molar-refractivity contribution is 4.86. The third-order valence-corrected chi connectivity index (χ3v) is 5.57. The smallest absolute Gasteiger partial charge is 0.340 e. The Balaban J connectivity index is 1.88. The Kier molecular flexibility index (Phi) is 5.60. The maximum atomic E-state index is 13.2. The molecule has 1 aromatic heterocycles. The molecule has 0 aromatic carbocycles. The van der Waals surface area contributed by atoms with E-state index in [-0.39, 0.29) is 0 Å². The Bertz CT molecular complexity index is 683. The summed E-state index contributed by atoms with van der Waals surface area (Å²) in [6.45, 7) is 1.49. The van der Waals surface area contributed by atoms with Crippen molar-refractivity contribution in [3.63, 3.8) is 0 Å². The highest BCUT2D eigenvalue weighted by Gasteiger charge is 2.31. The summed E-state index contributed by atoms with van der Waals surface area (Å²) in [6, 6.07) is 0. The summed E-state index contributed by atoms with van der Waals surface area (Å²) >= 11 is 0. The Morgan fingerprint density at radius 2 is 0.815 bits per heavy atom. The lowest BCUT2D eigenvalue weighted by Gasteiger charge is -2.30. The fourth-order valence-electron chi connectivity index (χ4n) is 4.11. The Labute approximate surface area is 156 Å². The molecule has 0 bridgehead atoms. The van der Waals surface area contributed by atoms with Crippen LogP contribution in [-0.4, -0.2) is 33.5 Å². The van der Waals surface area contributed by atoms with Gasteiger partial charge in [-0.25, -0.2) is 28.1 Å². The van der Waals surface area contributed by atoms with Crippen LogP contribution in [-0.2, 0) is 14.2 Å². The van der Waals surface area contributed by atoms with E-state index in [2.05, 4.69) is 0 Å². The van der Waals surface area contributed by atoms with E-state index in [0.717, 1.165) is 52.2 Å². The maximum Gasteiger partial charge on any atom is 0.340 e. The Morgan fingerprint density at radius 3 is 1.04 bits per heavy atom. The average molecular weight is 381 g/mol. The zero-order chi connectivity index (χ0) is 18.8. The molecule has 27 heavy (non-hydrogen) atoms. The van der Waals surface area contributed by atoms with Gasteiger partial charge < -0.3 is 14.2 Å². The molecule has 3 fully saturated rings. The van der Waals surface area contributed by atoms with Gasteiger partial charge in [-0.2, -0.15) is 0 Å². The molecule has 3 atom stereocenters. The van der Waals surface area contributed by atoms with Crippen LogP contribution in [0.2, 0.25) is 0 Å². The van der Waals surface area contributed by atoms with Crippen molar-refractivity contribution >= 4 is 0 Å². The van der Waals surface area contributed by atoms with Crippen molar-refractivity contribution in [2.45, 2.75) is 76.5 Å². The minimum atomic E-state index is -0.649. The second kappa shape index (κ2) is 8.12. The highest BCUT2D eigenvalue weighted by atomic mass is 16.5. The van der Waals surface area contributed by atoms with Crippen LogP contribution in [0.3, 0.4) is 0 Å². The van der Waals surface area contributed by atoms with Crippen LogP contribution < -0.4 is 17.1 Å². The zero-order valence-electron chi connectivity index (χ0n) is 15.5. The predicted octanol–water partition coefficient (Wildman–Crippen LogP) is 1.27. The van der Waals surface area contributed by atoms with Gasteiger partial charge in [-0.05, 0) is 57.8 Å². The lowest BCUT2D eigenvalue weighted by Crippen LogP contribution is -2.58. The molecule has 3 aliphatic rings. The maximum absolute atomic E-state index is 13.2. The lowest BCUT2D eigenvalue weighted by atomic mass is 10.1. The molecule has 0 N–H and O–H groups in total. The third-order valence-electron chi connectivity index (χ3n) is 5.57. The Hall–Kier alpha value is -1.71. The van der Waals surface area contributed by atoms with Crippen LogP contribution in [0, 0.1) is 0 Å². The summed E-state index contributed by atoms with van der Waals surface area (Å²) in [5, 5.41) is 0. The lowest BCUT2D eigenvalue weighted by molar-refractivity contribution is -0.0708. The molecule has 3 unspecified atom stereocenters. The van der Waals surface area contributed by atoms with E-state index in [4.69, 9.17) is 14.2 Å². The molecule has 4 rings (SSSR count). The van der Waals surface area contributed by atoms with Gasteiger partial charge in [0.1, 0.15) is 18.7 Å². The molecule has 4 heterocycles. The van der Waals surface area contributed by atoms with Crippen LogP contribution in [0.15, 0.2) is 14.4 Å². The molecule has 3 aliphatic heterocycles. The largest absolute Gasteiger partial charge is 0.358 e. The van der Waals surface area contributed by atoms with Crippen LogP contribution >= 0.6 is 0 Å². The molecular weight excluding hydrogens is 354 g/mol. The normalized spacial score (nSPS) is 29.6. The van der Waals surface area contributed by atoms with Crippen molar-refractivity contribution in [3.8, 4) is 0 Å². The zero-order valence-corrected chi connectivity index (χ0v) is 15.5. The summed E-state index contributed by atoms with van der Waals surface area (Å²) in [4.78, 5) is 39.5. The summed E-state index contributed by atoms with van der Waals surface area (Å²) in [7, 11) is 0. The monoisotopic (exact) mass is 381 g/mol. The minimum absolute atomic E-state index is 0.496. The van der Waals surface area contributed by atoms with E-state index in [9.17, 15) is 14.4 Å². The molecule has 0 spiro atoms. The number of nitrogens with zero attached hydrogens (tertiary/aromatic N) is 3. The first-order chi connectivity index (χ1) is 13.2. The van der Waals surface area contributed by atoms with Gasteiger partial charge in [-0.15, -0.1) is 0 Å². The molecule has 150 valence electrons. The van der Waals surface area contributed by atoms with Gasteiger partial charge in [-0.3, -0.25) is 0 Å². The van der Waals surface area contributed by atoms with E-state index >= 15 is 0 Å². The van der Waals surface area contributed by atoms with E-state index in [0.29, 0.717) is 39.1 Å². The summed E-state index contributed by atoms with van der Waals surface area (Å²) in [5.41, 5.74) is -1.93. The molecule has 0 amide bonds. The van der Waals surface area contributed by atoms with Gasteiger partial charge >= 0.3 is 17.1 Å². The quantitative estimate of drug-likeness (QED) is 0.783. The van der Waals surface area contributed by atoms with E-state index in [1.807, 2.05) is 0 Å². The molecule has 9 nitrogen and oxygen atoms in total. The van der Waals surface area contributed by atoms with Crippen LogP contribution in [0.5, 0.6) is 0 Å². The summed E-state index contributed by atoms with van der Waals surface area (Å²) < 4.78 is 20.4. The first-order valence-electron chi connectivity index (χ1n) is 10.0. The first-order valence-corrected chi connectivity index (χ1v) is 10.0. The summed E-state index contributed by atoms with van der Waals surface area (Å²) in [5.74, 6) is 0. The van der Waals surface area contributed by atoms with Gasteiger partial charge in [0.15, 0.2) is 0 Å². The SMILES string of the molecule is O=c1n(C2CCCCO2)c(=O)n(C2CCCCO2)c(=O)n1C1CCCCO1. The molecule has 9 heteroatoms. The number of hydrogen-bond donors (Lipinski definition) is 0. The fraction of sp³-hybridized carbons (Fsp3) is 0.833. The van der Waals surface area contributed by atoms with Crippen molar-refractivity contribution in [2.24, 2.45) is 0 Å². The molecule has 1 aromatic rings. The van der Waals surface area contributed by atoms with Crippen LogP contribution in [0.1, 0.15) is 76.5 Å². The minimum Gasteiger partial charge on any atom is -0.358 e. The highest BCUT2D eigenvalue weighted by Crippen LogP contribution is 2.23. The first kappa shape index (κ1) is 18.6. The second-order valence-corrected chi connectivity index (χ2v) is 7.42. The van der Waals surface area contributed by atoms with Crippen molar-refractivity contribution in [2.75, 3.05) is 19.8 Å². The van der Waals surface area contributed by atoms with Crippen molar-refractivity contribution in [1.82, 2.24) is 13.7 Å². The van der Waals surface area contributed by atoms with Gasteiger partial charge in [0.2, 0.25) is 0 Å².